The van der Waals surface area contributed by atoms with Gasteiger partial charge in [0.15, 0.2) is 0 Å². The van der Waals surface area contributed by atoms with E-state index in [1.54, 1.807) is 31.2 Å². The second-order valence-electron chi connectivity index (χ2n) is 4.46. The molecule has 1 aliphatic heterocycles. The Morgan fingerprint density at radius 2 is 1.95 bits per heavy atom. The summed E-state index contributed by atoms with van der Waals surface area (Å²) in [6, 6.07) is 8.36. The number of hydrogen-bond acceptors (Lipinski definition) is 3. The van der Waals surface area contributed by atoms with Crippen molar-refractivity contribution in [2.75, 3.05) is 13.6 Å². The third-order valence-electron chi connectivity index (χ3n) is 3.36. The van der Waals surface area contributed by atoms with Gasteiger partial charge in [0, 0.05) is 7.05 Å². The normalized spacial score (nSPS) is 22.3. The molecule has 1 aromatic carbocycles. The Morgan fingerprint density at radius 1 is 1.32 bits per heavy atom. The topological polar surface area (TPSA) is 78.5 Å². The smallest absolute Gasteiger partial charge is 0.325 e. The van der Waals surface area contributed by atoms with E-state index in [2.05, 4.69) is 10.6 Å². The van der Waals surface area contributed by atoms with Gasteiger partial charge in [-0.3, -0.25) is 19.8 Å². The fraction of sp³-hybridized carbons (Fsp3) is 0.308. The summed E-state index contributed by atoms with van der Waals surface area (Å²) in [6.45, 7) is 1.46. The van der Waals surface area contributed by atoms with Gasteiger partial charge in [0.2, 0.25) is 5.91 Å². The first-order valence-corrected chi connectivity index (χ1v) is 5.89. The molecule has 1 unspecified atom stereocenters. The predicted molar refractivity (Wildman–Crippen MR) is 68.1 cm³/mol. The molecule has 1 fully saturated rings. The van der Waals surface area contributed by atoms with Crippen molar-refractivity contribution in [3.63, 3.8) is 0 Å². The van der Waals surface area contributed by atoms with E-state index in [-0.39, 0.29) is 12.5 Å². The summed E-state index contributed by atoms with van der Waals surface area (Å²) in [7, 11) is 1.48. The van der Waals surface area contributed by atoms with Crippen LogP contribution in [0, 0.1) is 0 Å². The average Bonchev–Trinajstić information content (AvgIpc) is 2.64. The zero-order chi connectivity index (χ0) is 14.0. The number of carbonyl (C=O) groups is 3. The quantitative estimate of drug-likeness (QED) is 0.763. The SMILES string of the molecule is CNC(=O)CN1C(=O)NC(=O)C1(C)c1ccccc1. The molecule has 0 aliphatic carbocycles. The number of benzene rings is 1. The highest BCUT2D eigenvalue weighted by molar-refractivity contribution is 6.08. The molecular weight excluding hydrogens is 246 g/mol. The van der Waals surface area contributed by atoms with Crippen molar-refractivity contribution in [3.8, 4) is 0 Å². The lowest BCUT2D eigenvalue weighted by Gasteiger charge is -2.31. The van der Waals surface area contributed by atoms with Crippen LogP contribution in [0.2, 0.25) is 0 Å². The summed E-state index contributed by atoms with van der Waals surface area (Å²) in [5.41, 5.74) is -0.493. The maximum absolute atomic E-state index is 12.1. The molecule has 0 aromatic heterocycles. The average molecular weight is 261 g/mol. The Labute approximate surface area is 110 Å². The molecule has 6 heteroatoms. The first kappa shape index (κ1) is 13.1. The molecule has 1 saturated heterocycles. The fourth-order valence-corrected chi connectivity index (χ4v) is 2.11. The summed E-state index contributed by atoms with van der Waals surface area (Å²) in [6.07, 6.45) is 0. The minimum absolute atomic E-state index is 0.167. The number of nitrogens with one attached hydrogen (secondary N) is 2. The number of imide groups is 1. The molecule has 0 spiro atoms. The minimum Gasteiger partial charge on any atom is -0.358 e. The van der Waals surface area contributed by atoms with Crippen LogP contribution in [0.3, 0.4) is 0 Å². The summed E-state index contributed by atoms with van der Waals surface area (Å²) in [4.78, 5) is 36.7. The van der Waals surface area contributed by atoms with Crippen molar-refractivity contribution in [2.45, 2.75) is 12.5 Å². The van der Waals surface area contributed by atoms with Crippen LogP contribution >= 0.6 is 0 Å². The van der Waals surface area contributed by atoms with E-state index < -0.39 is 17.5 Å². The Kier molecular flexibility index (Phi) is 3.25. The van der Waals surface area contributed by atoms with Crippen molar-refractivity contribution >= 4 is 17.8 Å². The van der Waals surface area contributed by atoms with Crippen LogP contribution in [-0.2, 0) is 15.1 Å². The molecule has 1 heterocycles. The van der Waals surface area contributed by atoms with Gasteiger partial charge in [-0.1, -0.05) is 30.3 Å². The molecule has 4 amide bonds. The maximum Gasteiger partial charge on any atom is 0.325 e. The van der Waals surface area contributed by atoms with Gasteiger partial charge in [-0.25, -0.2) is 4.79 Å². The molecular formula is C13H15N3O3. The Morgan fingerprint density at radius 3 is 2.53 bits per heavy atom. The third-order valence-corrected chi connectivity index (χ3v) is 3.36. The van der Waals surface area contributed by atoms with Crippen LogP contribution in [0.25, 0.3) is 0 Å². The molecule has 1 atom stereocenters. The Bertz CT molecular complexity index is 529. The van der Waals surface area contributed by atoms with Gasteiger partial charge in [0.25, 0.3) is 5.91 Å². The molecule has 19 heavy (non-hydrogen) atoms. The fourth-order valence-electron chi connectivity index (χ4n) is 2.11. The highest BCUT2D eigenvalue weighted by Gasteiger charge is 2.50. The van der Waals surface area contributed by atoms with Gasteiger partial charge in [-0.15, -0.1) is 0 Å². The molecule has 2 N–H and O–H groups in total. The van der Waals surface area contributed by atoms with Gasteiger partial charge >= 0.3 is 6.03 Å². The zero-order valence-electron chi connectivity index (χ0n) is 10.8. The van der Waals surface area contributed by atoms with Gasteiger partial charge in [-0.2, -0.15) is 0 Å². The standard InChI is InChI=1S/C13H15N3O3/c1-13(9-6-4-3-5-7-9)11(18)15-12(19)16(13)8-10(17)14-2/h3-7H,8H2,1-2H3,(H,14,17)(H,15,18,19). The van der Waals surface area contributed by atoms with E-state index in [9.17, 15) is 14.4 Å². The number of likely N-dealkylation sites (N-methyl/N-ethyl adjacent to an activating group) is 1. The predicted octanol–water partition coefficient (Wildman–Crippen LogP) is 0.200. The minimum atomic E-state index is -1.16. The van der Waals surface area contributed by atoms with Crippen molar-refractivity contribution in [1.29, 1.82) is 0 Å². The van der Waals surface area contributed by atoms with E-state index in [1.807, 2.05) is 6.07 Å². The van der Waals surface area contributed by atoms with E-state index >= 15 is 0 Å². The van der Waals surface area contributed by atoms with E-state index in [0.717, 1.165) is 0 Å². The third kappa shape index (κ3) is 2.05. The molecule has 1 aliphatic rings. The Balaban J connectivity index is 2.42. The summed E-state index contributed by atoms with van der Waals surface area (Å²) in [5, 5.41) is 4.70. The monoisotopic (exact) mass is 261 g/mol. The van der Waals surface area contributed by atoms with Crippen LogP contribution in [-0.4, -0.2) is 36.3 Å². The second-order valence-corrected chi connectivity index (χ2v) is 4.46. The first-order valence-electron chi connectivity index (χ1n) is 5.89. The van der Waals surface area contributed by atoms with Gasteiger partial charge in [0.1, 0.15) is 12.1 Å². The van der Waals surface area contributed by atoms with Crippen molar-refractivity contribution < 1.29 is 14.4 Å². The highest BCUT2D eigenvalue weighted by Crippen LogP contribution is 2.32. The lowest BCUT2D eigenvalue weighted by Crippen LogP contribution is -2.48. The number of amides is 4. The number of carbonyl (C=O) groups excluding carboxylic acids is 3. The molecule has 6 nitrogen and oxygen atoms in total. The molecule has 2 rings (SSSR count). The molecule has 1 aromatic rings. The van der Waals surface area contributed by atoms with Crippen LogP contribution < -0.4 is 10.6 Å². The lowest BCUT2D eigenvalue weighted by molar-refractivity contribution is -0.128. The number of urea groups is 1. The van der Waals surface area contributed by atoms with Crippen molar-refractivity contribution in [3.05, 3.63) is 35.9 Å². The second kappa shape index (κ2) is 4.72. The van der Waals surface area contributed by atoms with Gasteiger partial charge < -0.3 is 5.32 Å². The van der Waals surface area contributed by atoms with Gasteiger partial charge in [0.05, 0.1) is 0 Å². The van der Waals surface area contributed by atoms with Crippen molar-refractivity contribution in [1.82, 2.24) is 15.5 Å². The number of hydrogen-bond donors (Lipinski definition) is 2. The molecule has 0 radical (unpaired) electrons. The summed E-state index contributed by atoms with van der Waals surface area (Å²) in [5.74, 6) is -0.750. The molecule has 0 bridgehead atoms. The first-order chi connectivity index (χ1) is 9.00. The number of rotatable bonds is 3. The summed E-state index contributed by atoms with van der Waals surface area (Å²) < 4.78 is 0. The van der Waals surface area contributed by atoms with Gasteiger partial charge in [-0.05, 0) is 12.5 Å². The molecule has 100 valence electrons. The van der Waals surface area contributed by atoms with Crippen LogP contribution in [0.1, 0.15) is 12.5 Å². The highest BCUT2D eigenvalue weighted by atomic mass is 16.2. The maximum atomic E-state index is 12.1. The number of nitrogens with zero attached hydrogens (tertiary/aromatic N) is 1. The van der Waals surface area contributed by atoms with Crippen LogP contribution in [0.5, 0.6) is 0 Å². The zero-order valence-corrected chi connectivity index (χ0v) is 10.8. The van der Waals surface area contributed by atoms with E-state index in [1.165, 1.54) is 11.9 Å². The Hall–Kier alpha value is -2.37. The van der Waals surface area contributed by atoms with Crippen molar-refractivity contribution in [2.24, 2.45) is 0 Å². The van der Waals surface area contributed by atoms with E-state index in [4.69, 9.17) is 0 Å². The largest absolute Gasteiger partial charge is 0.358 e. The lowest BCUT2D eigenvalue weighted by atomic mass is 9.90. The van der Waals surface area contributed by atoms with Crippen LogP contribution in [0.15, 0.2) is 30.3 Å². The summed E-state index contributed by atoms with van der Waals surface area (Å²) >= 11 is 0. The van der Waals surface area contributed by atoms with E-state index in [0.29, 0.717) is 5.56 Å². The van der Waals surface area contributed by atoms with Crippen LogP contribution in [0.4, 0.5) is 4.79 Å². The molecule has 0 saturated carbocycles.